The molecule has 0 aliphatic carbocycles. The van der Waals surface area contributed by atoms with Crippen molar-refractivity contribution in [2.75, 3.05) is 0 Å². The Morgan fingerprint density at radius 1 is 1.18 bits per heavy atom. The van der Waals surface area contributed by atoms with Crippen molar-refractivity contribution in [3.8, 4) is 11.4 Å². The van der Waals surface area contributed by atoms with Gasteiger partial charge in [-0.3, -0.25) is 0 Å². The highest BCUT2D eigenvalue weighted by atomic mass is 32.2. The quantitative estimate of drug-likeness (QED) is 0.838. The molecule has 90 valence electrons. The third kappa shape index (κ3) is 2.87. The Balaban J connectivity index is 2.33. The fourth-order valence-corrected chi connectivity index (χ4v) is 1.61. The van der Waals surface area contributed by atoms with Crippen LogP contribution in [0.3, 0.4) is 0 Å². The summed E-state index contributed by atoms with van der Waals surface area (Å²) in [5.41, 5.74) is -4.12. The zero-order valence-corrected chi connectivity index (χ0v) is 8.90. The summed E-state index contributed by atoms with van der Waals surface area (Å²) in [7, 11) is 0. The van der Waals surface area contributed by atoms with Gasteiger partial charge in [0.15, 0.2) is 0 Å². The number of alkyl halides is 3. The average Bonchev–Trinajstić information content (AvgIpc) is 2.64. The van der Waals surface area contributed by atoms with E-state index in [4.69, 9.17) is 5.11 Å². The van der Waals surface area contributed by atoms with E-state index in [0.717, 1.165) is 4.68 Å². The van der Waals surface area contributed by atoms with Gasteiger partial charge in [0.2, 0.25) is 5.16 Å². The van der Waals surface area contributed by atoms with E-state index in [0.29, 0.717) is 5.69 Å². The van der Waals surface area contributed by atoms with Gasteiger partial charge in [0, 0.05) is 11.8 Å². The lowest BCUT2D eigenvalue weighted by atomic mass is 10.3. The van der Waals surface area contributed by atoms with Crippen LogP contribution in [0.4, 0.5) is 13.2 Å². The second kappa shape index (κ2) is 4.24. The van der Waals surface area contributed by atoms with Crippen LogP contribution in [0.2, 0.25) is 0 Å². The lowest BCUT2D eigenvalue weighted by Crippen LogP contribution is -2.05. The third-order valence-electron chi connectivity index (χ3n) is 1.74. The Morgan fingerprint density at radius 2 is 1.82 bits per heavy atom. The molecular formula is C8H5F3N4OS. The van der Waals surface area contributed by atoms with E-state index in [9.17, 15) is 13.2 Å². The lowest BCUT2D eigenvalue weighted by molar-refractivity contribution is -0.0331. The molecule has 0 aliphatic rings. The summed E-state index contributed by atoms with van der Waals surface area (Å²) < 4.78 is 37.5. The SMILES string of the molecule is Oc1ccc(-n2nnnc2SC(F)(F)F)cc1. The molecule has 2 rings (SSSR count). The van der Waals surface area contributed by atoms with Crippen LogP contribution in [-0.4, -0.2) is 30.8 Å². The maximum absolute atomic E-state index is 12.2. The first-order valence-electron chi connectivity index (χ1n) is 4.29. The fraction of sp³-hybridized carbons (Fsp3) is 0.125. The molecule has 0 unspecified atom stereocenters. The molecule has 1 aromatic carbocycles. The van der Waals surface area contributed by atoms with Gasteiger partial charge in [-0.25, -0.2) is 0 Å². The molecule has 2 aromatic rings. The van der Waals surface area contributed by atoms with Crippen LogP contribution in [0.1, 0.15) is 0 Å². The number of rotatable bonds is 2. The first-order valence-corrected chi connectivity index (χ1v) is 5.11. The Morgan fingerprint density at radius 3 is 2.41 bits per heavy atom. The molecule has 0 aliphatic heterocycles. The lowest BCUT2D eigenvalue weighted by Gasteiger charge is -2.06. The average molecular weight is 262 g/mol. The summed E-state index contributed by atoms with van der Waals surface area (Å²) in [6.07, 6.45) is 0. The van der Waals surface area contributed by atoms with Gasteiger partial charge in [0.05, 0.1) is 5.69 Å². The van der Waals surface area contributed by atoms with Crippen LogP contribution < -0.4 is 0 Å². The number of aromatic hydroxyl groups is 1. The van der Waals surface area contributed by atoms with E-state index in [2.05, 4.69) is 15.5 Å². The van der Waals surface area contributed by atoms with Gasteiger partial charge in [-0.2, -0.15) is 17.9 Å². The number of phenolic OH excluding ortho intramolecular Hbond substituents is 1. The van der Waals surface area contributed by atoms with Crippen molar-refractivity contribution in [1.29, 1.82) is 0 Å². The van der Waals surface area contributed by atoms with Crippen LogP contribution in [0.15, 0.2) is 29.4 Å². The molecule has 1 heterocycles. The van der Waals surface area contributed by atoms with Crippen molar-refractivity contribution in [1.82, 2.24) is 20.2 Å². The third-order valence-corrected chi connectivity index (χ3v) is 2.41. The summed E-state index contributed by atoms with van der Waals surface area (Å²) in [5, 5.41) is 18.6. The number of hydrogen-bond acceptors (Lipinski definition) is 5. The number of halogens is 3. The molecule has 0 spiro atoms. The molecule has 1 aromatic heterocycles. The van der Waals surface area contributed by atoms with Crippen molar-refractivity contribution in [2.45, 2.75) is 10.7 Å². The maximum Gasteiger partial charge on any atom is 0.449 e. The van der Waals surface area contributed by atoms with Gasteiger partial charge in [0.25, 0.3) is 0 Å². The summed E-state index contributed by atoms with van der Waals surface area (Å²) in [5.74, 6) is 0.00634. The molecule has 0 amide bonds. The number of hydrogen-bond donors (Lipinski definition) is 1. The van der Waals surface area contributed by atoms with Crippen LogP contribution in [0.25, 0.3) is 5.69 Å². The minimum atomic E-state index is -4.45. The van der Waals surface area contributed by atoms with Crippen molar-refractivity contribution >= 4 is 11.8 Å². The predicted octanol–water partition coefficient (Wildman–Crippen LogP) is 1.98. The van der Waals surface area contributed by atoms with Crippen molar-refractivity contribution in [3.05, 3.63) is 24.3 Å². The van der Waals surface area contributed by atoms with Crippen molar-refractivity contribution in [3.63, 3.8) is 0 Å². The normalized spacial score (nSPS) is 11.7. The Kier molecular flexibility index (Phi) is 2.92. The van der Waals surface area contributed by atoms with Gasteiger partial charge < -0.3 is 5.11 Å². The molecule has 0 atom stereocenters. The highest BCUT2D eigenvalue weighted by Gasteiger charge is 2.32. The summed E-state index contributed by atoms with van der Waals surface area (Å²) in [6.45, 7) is 0. The Bertz CT molecular complexity index is 510. The highest BCUT2D eigenvalue weighted by molar-refractivity contribution is 8.00. The first kappa shape index (κ1) is 11.7. The van der Waals surface area contributed by atoms with Gasteiger partial charge in [-0.15, -0.1) is 5.10 Å². The van der Waals surface area contributed by atoms with E-state index in [1.165, 1.54) is 24.3 Å². The molecular weight excluding hydrogens is 257 g/mol. The zero-order chi connectivity index (χ0) is 12.5. The van der Waals surface area contributed by atoms with E-state index in [1.807, 2.05) is 0 Å². The van der Waals surface area contributed by atoms with Crippen molar-refractivity contribution in [2.24, 2.45) is 0 Å². The van der Waals surface area contributed by atoms with Crippen LogP contribution in [0, 0.1) is 0 Å². The Hall–Kier alpha value is -1.77. The molecule has 0 saturated carbocycles. The molecule has 0 saturated heterocycles. The van der Waals surface area contributed by atoms with Gasteiger partial charge >= 0.3 is 5.51 Å². The highest BCUT2D eigenvalue weighted by Crippen LogP contribution is 2.35. The maximum atomic E-state index is 12.2. The molecule has 9 heteroatoms. The fourth-order valence-electron chi connectivity index (χ4n) is 1.10. The smallest absolute Gasteiger partial charge is 0.449 e. The van der Waals surface area contributed by atoms with E-state index < -0.39 is 17.3 Å². The van der Waals surface area contributed by atoms with Gasteiger partial charge in [0.1, 0.15) is 5.75 Å². The summed E-state index contributed by atoms with van der Waals surface area (Å²) >= 11 is -0.403. The van der Waals surface area contributed by atoms with Crippen LogP contribution in [0.5, 0.6) is 5.75 Å². The zero-order valence-electron chi connectivity index (χ0n) is 8.09. The van der Waals surface area contributed by atoms with E-state index >= 15 is 0 Å². The van der Waals surface area contributed by atoms with Crippen LogP contribution in [-0.2, 0) is 0 Å². The monoisotopic (exact) mass is 262 g/mol. The molecule has 0 radical (unpaired) electrons. The second-order valence-corrected chi connectivity index (χ2v) is 3.97. The number of tetrazole rings is 1. The number of phenols is 1. The number of aromatic nitrogens is 4. The van der Waals surface area contributed by atoms with Gasteiger partial charge in [-0.05, 0) is 34.7 Å². The topological polar surface area (TPSA) is 63.8 Å². The minimum Gasteiger partial charge on any atom is -0.508 e. The van der Waals surface area contributed by atoms with E-state index in [1.54, 1.807) is 0 Å². The van der Waals surface area contributed by atoms with Gasteiger partial charge in [-0.1, -0.05) is 0 Å². The number of benzene rings is 1. The van der Waals surface area contributed by atoms with Crippen LogP contribution >= 0.6 is 11.8 Å². The molecule has 0 fully saturated rings. The number of thioether (sulfide) groups is 1. The molecule has 5 nitrogen and oxygen atoms in total. The molecule has 17 heavy (non-hydrogen) atoms. The molecule has 1 N–H and O–H groups in total. The largest absolute Gasteiger partial charge is 0.508 e. The van der Waals surface area contributed by atoms with E-state index in [-0.39, 0.29) is 10.9 Å². The standard InChI is InChI=1S/C8H5F3N4OS/c9-8(10,11)17-7-12-13-14-15(7)5-1-3-6(16)4-2-5/h1-4,16H. The molecule has 0 bridgehead atoms. The second-order valence-electron chi connectivity index (χ2n) is 2.94. The Labute approximate surface area is 97.3 Å². The predicted molar refractivity (Wildman–Crippen MR) is 52.7 cm³/mol. The summed E-state index contributed by atoms with van der Waals surface area (Å²) in [6, 6.07) is 5.48. The van der Waals surface area contributed by atoms with Crippen molar-refractivity contribution < 1.29 is 18.3 Å². The first-order chi connectivity index (χ1) is 7.96. The summed E-state index contributed by atoms with van der Waals surface area (Å²) in [4.78, 5) is 0. The minimum absolute atomic E-state index is 0.00634. The number of nitrogens with zero attached hydrogens (tertiary/aromatic N) is 4.